The summed E-state index contributed by atoms with van der Waals surface area (Å²) >= 11 is 0.225. The van der Waals surface area contributed by atoms with Crippen molar-refractivity contribution < 1.29 is 0 Å². The summed E-state index contributed by atoms with van der Waals surface area (Å²) < 4.78 is 3.14. The molecule has 0 nitrogen and oxygen atoms in total. The molecular weight excluding hydrogens is 261 g/mol. The van der Waals surface area contributed by atoms with Gasteiger partial charge in [-0.2, -0.15) is 0 Å². The van der Waals surface area contributed by atoms with E-state index in [0.29, 0.717) is 0 Å². The minimum absolute atomic E-state index is 1.48. The van der Waals surface area contributed by atoms with E-state index in [2.05, 4.69) is 49.3 Å². The number of rotatable bonds is 1. The van der Waals surface area contributed by atoms with Gasteiger partial charge >= 0.3 is 98.8 Å². The Morgan fingerprint density at radius 3 is 2.33 bits per heavy atom. The van der Waals surface area contributed by atoms with Crippen molar-refractivity contribution in [3.8, 4) is 0 Å². The van der Waals surface area contributed by atoms with Gasteiger partial charge < -0.3 is 0 Å². The zero-order valence-corrected chi connectivity index (χ0v) is 13.1. The molecule has 0 unspecified atom stereocenters. The average molecular weight is 279 g/mol. The quantitative estimate of drug-likeness (QED) is 0.690. The van der Waals surface area contributed by atoms with Crippen LogP contribution >= 0.6 is 11.3 Å². The van der Waals surface area contributed by atoms with Gasteiger partial charge in [0.25, 0.3) is 0 Å². The van der Waals surface area contributed by atoms with E-state index < -0.39 is 13.3 Å². The molecule has 1 aromatic heterocycles. The van der Waals surface area contributed by atoms with Crippen LogP contribution in [0.15, 0.2) is 18.2 Å². The fourth-order valence-electron chi connectivity index (χ4n) is 2.05. The Morgan fingerprint density at radius 2 is 1.73 bits per heavy atom. The van der Waals surface area contributed by atoms with Gasteiger partial charge in [-0.3, -0.25) is 0 Å². The Hall–Kier alpha value is -0.277. The molecule has 0 radical (unpaired) electrons. The number of benzene rings is 1. The van der Waals surface area contributed by atoms with Crippen LogP contribution in [0.3, 0.4) is 0 Å². The summed E-state index contributed by atoms with van der Waals surface area (Å²) in [5.41, 5.74) is 1.51. The Labute approximate surface area is 98.7 Å². The molecule has 1 heterocycles. The van der Waals surface area contributed by atoms with E-state index in [1.54, 1.807) is 9.78 Å². The molecule has 1 aromatic carbocycles. The van der Waals surface area contributed by atoms with Crippen LogP contribution < -0.4 is 4.40 Å². The molecule has 2 aromatic rings. The fraction of sp³-hybridized carbons (Fsp3) is 0.385. The van der Waals surface area contributed by atoms with Crippen LogP contribution in [0.25, 0.3) is 10.1 Å². The molecule has 15 heavy (non-hydrogen) atoms. The van der Waals surface area contributed by atoms with Crippen LogP contribution in [-0.4, -0.2) is 13.3 Å². The molecule has 0 aliphatic heterocycles. The summed E-state index contributed by atoms with van der Waals surface area (Å²) in [4.78, 5) is 1.48. The maximum atomic E-state index is 2.47. The molecule has 0 amide bonds. The topological polar surface area (TPSA) is 0 Å². The normalized spacial score (nSPS) is 12.3. The van der Waals surface area contributed by atoms with Gasteiger partial charge in [-0.1, -0.05) is 0 Å². The molecule has 0 saturated carbocycles. The number of thiophene rings is 1. The van der Waals surface area contributed by atoms with Crippen LogP contribution in [0.1, 0.15) is 10.4 Å². The van der Waals surface area contributed by atoms with E-state index in [1.165, 1.54) is 15.1 Å². The van der Waals surface area contributed by atoms with Crippen LogP contribution in [-0.2, 0) is 0 Å². The standard InChI is InChI=1S/C13H18GeS/c1-9-10(2)15-12-8-6-7-11(13(9)12)14(3,4)5/h6-8H,1-5H3. The van der Waals surface area contributed by atoms with Crippen molar-refractivity contribution in [2.24, 2.45) is 0 Å². The van der Waals surface area contributed by atoms with Crippen molar-refractivity contribution in [2.45, 2.75) is 31.1 Å². The number of fused-ring (bicyclic) bond motifs is 1. The molecule has 0 N–H and O–H groups in total. The van der Waals surface area contributed by atoms with Gasteiger partial charge in [0.2, 0.25) is 0 Å². The molecular formula is C13H18GeS. The van der Waals surface area contributed by atoms with Crippen LogP contribution in [0.2, 0.25) is 17.3 Å². The molecule has 0 aliphatic rings. The summed E-state index contributed by atoms with van der Waals surface area (Å²) in [6, 6.07) is 6.84. The summed E-state index contributed by atoms with van der Waals surface area (Å²) in [6.07, 6.45) is 0. The molecule has 0 aliphatic carbocycles. The van der Waals surface area contributed by atoms with Gasteiger partial charge in [0, 0.05) is 0 Å². The Morgan fingerprint density at radius 1 is 1.07 bits per heavy atom. The Kier molecular flexibility index (Phi) is 2.72. The van der Waals surface area contributed by atoms with E-state index in [0.717, 1.165) is 0 Å². The Balaban J connectivity index is 2.86. The van der Waals surface area contributed by atoms with Crippen molar-refractivity contribution in [1.29, 1.82) is 0 Å². The SMILES string of the molecule is Cc1sc2ccc[c]([Ge]([CH3])([CH3])[CH3])c2c1C. The van der Waals surface area contributed by atoms with Gasteiger partial charge in [0.15, 0.2) is 0 Å². The maximum absolute atomic E-state index is 2.47. The summed E-state index contributed by atoms with van der Waals surface area (Å²) in [7, 11) is 0. The first-order valence-corrected chi connectivity index (χ1v) is 13.6. The second kappa shape index (κ2) is 3.63. The summed E-state index contributed by atoms with van der Waals surface area (Å²) in [5.74, 6) is 7.42. The van der Waals surface area contributed by atoms with Crippen LogP contribution in [0.4, 0.5) is 0 Å². The van der Waals surface area contributed by atoms with Gasteiger partial charge in [0.05, 0.1) is 0 Å². The molecule has 0 saturated heterocycles. The fourth-order valence-corrected chi connectivity index (χ4v) is 6.83. The molecule has 0 fully saturated rings. The molecule has 2 heteroatoms. The Bertz CT molecular complexity index is 503. The van der Waals surface area contributed by atoms with Gasteiger partial charge in [-0.25, -0.2) is 0 Å². The molecule has 0 atom stereocenters. The minimum atomic E-state index is -1.71. The third-order valence-electron chi connectivity index (χ3n) is 3.00. The summed E-state index contributed by atoms with van der Waals surface area (Å²) in [6.45, 7) is 4.51. The second-order valence-electron chi connectivity index (χ2n) is 5.21. The first kappa shape index (κ1) is 11.2. The van der Waals surface area contributed by atoms with Crippen LogP contribution in [0, 0.1) is 13.8 Å². The average Bonchev–Trinajstić information content (AvgIpc) is 2.41. The molecule has 0 bridgehead atoms. The van der Waals surface area contributed by atoms with Crippen molar-refractivity contribution in [1.82, 2.24) is 0 Å². The zero-order valence-electron chi connectivity index (χ0n) is 10.1. The number of aryl methyl sites for hydroxylation is 2. The summed E-state index contributed by atoms with van der Waals surface area (Å²) in [5, 5.41) is 1.56. The van der Waals surface area contributed by atoms with Crippen molar-refractivity contribution in [2.75, 3.05) is 0 Å². The van der Waals surface area contributed by atoms with E-state index in [-0.39, 0.29) is 0 Å². The van der Waals surface area contributed by atoms with E-state index >= 15 is 0 Å². The molecule has 2 rings (SSSR count). The van der Waals surface area contributed by atoms with Gasteiger partial charge in [-0.05, 0) is 0 Å². The number of hydrogen-bond donors (Lipinski definition) is 0. The van der Waals surface area contributed by atoms with E-state index in [4.69, 9.17) is 0 Å². The van der Waals surface area contributed by atoms with Crippen molar-refractivity contribution in [3.05, 3.63) is 28.6 Å². The zero-order chi connectivity index (χ0) is 11.2. The van der Waals surface area contributed by atoms with E-state index in [1.807, 2.05) is 11.3 Å². The third-order valence-corrected chi connectivity index (χ3v) is 8.44. The van der Waals surface area contributed by atoms with Crippen LogP contribution in [0.5, 0.6) is 0 Å². The van der Waals surface area contributed by atoms with Gasteiger partial charge in [-0.15, -0.1) is 0 Å². The van der Waals surface area contributed by atoms with Crippen molar-refractivity contribution in [3.63, 3.8) is 0 Å². The number of hydrogen-bond acceptors (Lipinski definition) is 1. The second-order valence-corrected chi connectivity index (χ2v) is 17.0. The predicted molar refractivity (Wildman–Crippen MR) is 74.3 cm³/mol. The first-order chi connectivity index (χ1) is 6.91. The molecule has 0 spiro atoms. The van der Waals surface area contributed by atoms with Crippen molar-refractivity contribution >= 4 is 39.1 Å². The third kappa shape index (κ3) is 1.87. The first-order valence-electron chi connectivity index (χ1n) is 5.40. The predicted octanol–water partition coefficient (Wildman–Crippen LogP) is 4.06. The molecule has 80 valence electrons. The van der Waals surface area contributed by atoms with Gasteiger partial charge in [0.1, 0.15) is 0 Å². The van der Waals surface area contributed by atoms with E-state index in [9.17, 15) is 0 Å². The monoisotopic (exact) mass is 280 g/mol.